The van der Waals surface area contributed by atoms with E-state index in [1.807, 2.05) is 0 Å². The molecule has 0 aliphatic rings. The average molecular weight is 324 g/mol. The maximum Gasteiger partial charge on any atom is 0.290 e. The van der Waals surface area contributed by atoms with E-state index in [0.717, 1.165) is 0 Å². The van der Waals surface area contributed by atoms with Crippen LogP contribution in [0.25, 0.3) is 43.1 Å². The van der Waals surface area contributed by atoms with Crippen molar-refractivity contribution in [2.24, 2.45) is 0 Å². The number of carbonyl (C=O) groups is 1. The van der Waals surface area contributed by atoms with Crippen molar-refractivity contribution in [1.82, 2.24) is 0 Å². The summed E-state index contributed by atoms with van der Waals surface area (Å²) in [4.78, 5) is 8.36. The molecule has 25 heavy (non-hydrogen) atoms. The van der Waals surface area contributed by atoms with E-state index in [1.165, 1.54) is 43.1 Å². The maximum atomic E-state index is 8.36. The van der Waals surface area contributed by atoms with Gasteiger partial charge in [-0.25, -0.2) is 0 Å². The molecule has 0 heterocycles. The number of hydrogen-bond acceptors (Lipinski definition) is 1. The Hall–Kier alpha value is -3.39. The summed E-state index contributed by atoms with van der Waals surface area (Å²) in [6.07, 6.45) is 0. The molecule has 0 aliphatic heterocycles. The lowest BCUT2D eigenvalue weighted by molar-refractivity contribution is -0.122. The summed E-state index contributed by atoms with van der Waals surface area (Å²) in [5.41, 5.74) is 0. The van der Waals surface area contributed by atoms with Crippen LogP contribution < -0.4 is 0 Å². The largest absolute Gasteiger partial charge is 0.483 e. The second-order valence-corrected chi connectivity index (χ2v) is 6.01. The first-order chi connectivity index (χ1) is 12.3. The molecule has 5 aromatic carbocycles. The van der Waals surface area contributed by atoms with Gasteiger partial charge in [0.15, 0.2) is 0 Å². The van der Waals surface area contributed by atoms with Gasteiger partial charge in [-0.2, -0.15) is 0 Å². The number of benzene rings is 5. The van der Waals surface area contributed by atoms with Crippen LogP contribution in [-0.4, -0.2) is 11.6 Å². The topological polar surface area (TPSA) is 37.3 Å². The molecule has 0 aromatic heterocycles. The Balaban J connectivity index is 0.000000490. The molecule has 0 atom stereocenters. The van der Waals surface area contributed by atoms with Crippen LogP contribution in [0.15, 0.2) is 84.9 Å². The van der Waals surface area contributed by atoms with Crippen molar-refractivity contribution in [3.63, 3.8) is 0 Å². The Labute approximate surface area is 144 Å². The lowest BCUT2D eigenvalue weighted by Crippen LogP contribution is -1.81. The van der Waals surface area contributed by atoms with Gasteiger partial charge in [-0.3, -0.25) is 4.79 Å². The summed E-state index contributed by atoms with van der Waals surface area (Å²) in [7, 11) is 0. The predicted molar refractivity (Wildman–Crippen MR) is 105 cm³/mol. The fourth-order valence-electron chi connectivity index (χ4n) is 3.44. The van der Waals surface area contributed by atoms with Gasteiger partial charge in [0.2, 0.25) is 0 Å². The minimum absolute atomic E-state index is 0.250. The van der Waals surface area contributed by atoms with Gasteiger partial charge in [-0.1, -0.05) is 60.7 Å². The van der Waals surface area contributed by atoms with E-state index >= 15 is 0 Å². The molecule has 0 saturated carbocycles. The molecule has 0 bridgehead atoms. The molecular formula is C23H16O2. The van der Waals surface area contributed by atoms with E-state index in [2.05, 4.69) is 84.9 Å². The molecule has 5 aromatic rings. The second-order valence-electron chi connectivity index (χ2n) is 6.01. The molecule has 2 heteroatoms. The molecular weight excluding hydrogens is 308 g/mol. The quantitative estimate of drug-likeness (QED) is 0.215. The summed E-state index contributed by atoms with van der Waals surface area (Å²) in [5, 5.41) is 17.4. The molecule has 0 saturated heterocycles. The standard InChI is InChI=1S/C22H14.CH2O2/c1-3-7-17-13-21-19(11-15(17)5-1)9-10-20-12-16-6-2-4-8-18(16)14-22(20)21;2-1-3/h1-14H;1H,(H,2,3). The predicted octanol–water partition coefficient (Wildman–Crippen LogP) is 6.00. The van der Waals surface area contributed by atoms with E-state index in [-0.39, 0.29) is 6.47 Å². The highest BCUT2D eigenvalue weighted by molar-refractivity contribution is 6.15. The van der Waals surface area contributed by atoms with Gasteiger partial charge in [0.05, 0.1) is 0 Å². The fraction of sp³-hybridized carbons (Fsp3) is 0. The summed E-state index contributed by atoms with van der Waals surface area (Å²) >= 11 is 0. The highest BCUT2D eigenvalue weighted by Crippen LogP contribution is 2.32. The zero-order valence-corrected chi connectivity index (χ0v) is 13.5. The Bertz CT molecular complexity index is 1130. The van der Waals surface area contributed by atoms with Crippen LogP contribution in [0.3, 0.4) is 0 Å². The summed E-state index contributed by atoms with van der Waals surface area (Å²) in [6, 6.07) is 30.8. The van der Waals surface area contributed by atoms with E-state index in [9.17, 15) is 0 Å². The monoisotopic (exact) mass is 324 g/mol. The Morgan fingerprint density at radius 2 is 0.840 bits per heavy atom. The molecule has 0 fully saturated rings. The van der Waals surface area contributed by atoms with Gasteiger partial charge < -0.3 is 5.11 Å². The average Bonchev–Trinajstić information content (AvgIpc) is 2.65. The smallest absolute Gasteiger partial charge is 0.290 e. The molecule has 5 rings (SSSR count). The summed E-state index contributed by atoms with van der Waals surface area (Å²) in [5.74, 6) is 0. The molecule has 0 spiro atoms. The molecule has 0 unspecified atom stereocenters. The molecule has 120 valence electrons. The third kappa shape index (κ3) is 2.68. The Morgan fingerprint density at radius 1 is 0.520 bits per heavy atom. The normalized spacial score (nSPS) is 10.7. The van der Waals surface area contributed by atoms with Crippen LogP contribution in [0.4, 0.5) is 0 Å². The third-order valence-electron chi connectivity index (χ3n) is 4.57. The van der Waals surface area contributed by atoms with E-state index in [1.54, 1.807) is 0 Å². The maximum absolute atomic E-state index is 8.36. The Morgan fingerprint density at radius 3 is 1.20 bits per heavy atom. The summed E-state index contributed by atoms with van der Waals surface area (Å²) < 4.78 is 0. The zero-order chi connectivity index (χ0) is 17.2. The molecule has 0 amide bonds. The van der Waals surface area contributed by atoms with Crippen LogP contribution >= 0.6 is 0 Å². The van der Waals surface area contributed by atoms with Crippen LogP contribution in [0, 0.1) is 0 Å². The first-order valence-electron chi connectivity index (χ1n) is 8.12. The zero-order valence-electron chi connectivity index (χ0n) is 13.5. The van der Waals surface area contributed by atoms with Gasteiger partial charge >= 0.3 is 0 Å². The first-order valence-corrected chi connectivity index (χ1v) is 8.12. The van der Waals surface area contributed by atoms with Gasteiger partial charge in [0.25, 0.3) is 6.47 Å². The SMILES string of the molecule is O=CO.c1ccc2cc3c(ccc4cc5ccccc5cc43)cc2c1. The number of rotatable bonds is 0. The van der Waals surface area contributed by atoms with Crippen molar-refractivity contribution in [2.45, 2.75) is 0 Å². The number of carboxylic acid groups (broad SMARTS) is 1. The van der Waals surface area contributed by atoms with Crippen molar-refractivity contribution in [3.8, 4) is 0 Å². The molecule has 0 radical (unpaired) electrons. The summed E-state index contributed by atoms with van der Waals surface area (Å²) in [6.45, 7) is -0.250. The minimum Gasteiger partial charge on any atom is -0.483 e. The first kappa shape index (κ1) is 15.2. The van der Waals surface area contributed by atoms with E-state index in [0.29, 0.717) is 0 Å². The second kappa shape index (κ2) is 6.25. The fourth-order valence-corrected chi connectivity index (χ4v) is 3.44. The van der Waals surface area contributed by atoms with Crippen molar-refractivity contribution in [1.29, 1.82) is 0 Å². The van der Waals surface area contributed by atoms with Gasteiger partial charge in [-0.05, 0) is 67.4 Å². The highest BCUT2D eigenvalue weighted by Gasteiger charge is 2.04. The minimum atomic E-state index is -0.250. The van der Waals surface area contributed by atoms with Crippen molar-refractivity contribution in [3.05, 3.63) is 84.9 Å². The van der Waals surface area contributed by atoms with Crippen molar-refractivity contribution in [2.75, 3.05) is 0 Å². The third-order valence-corrected chi connectivity index (χ3v) is 4.57. The number of fused-ring (bicyclic) bond motifs is 5. The van der Waals surface area contributed by atoms with Crippen molar-refractivity contribution >= 4 is 49.6 Å². The molecule has 2 nitrogen and oxygen atoms in total. The number of hydrogen-bond donors (Lipinski definition) is 1. The van der Waals surface area contributed by atoms with E-state index < -0.39 is 0 Å². The molecule has 1 N–H and O–H groups in total. The van der Waals surface area contributed by atoms with Crippen LogP contribution in [-0.2, 0) is 4.79 Å². The van der Waals surface area contributed by atoms with Crippen LogP contribution in [0.5, 0.6) is 0 Å². The van der Waals surface area contributed by atoms with Crippen LogP contribution in [0.1, 0.15) is 0 Å². The van der Waals surface area contributed by atoms with Gasteiger partial charge in [-0.15, -0.1) is 0 Å². The lowest BCUT2D eigenvalue weighted by atomic mass is 9.96. The van der Waals surface area contributed by atoms with Gasteiger partial charge in [0.1, 0.15) is 0 Å². The Kier molecular flexibility index (Phi) is 3.79. The van der Waals surface area contributed by atoms with Crippen LogP contribution in [0.2, 0.25) is 0 Å². The molecule has 0 aliphatic carbocycles. The lowest BCUT2D eigenvalue weighted by Gasteiger charge is -2.08. The van der Waals surface area contributed by atoms with E-state index in [4.69, 9.17) is 9.90 Å². The van der Waals surface area contributed by atoms with Gasteiger partial charge in [0, 0.05) is 0 Å². The highest BCUT2D eigenvalue weighted by atomic mass is 16.3. The van der Waals surface area contributed by atoms with Crippen molar-refractivity contribution < 1.29 is 9.90 Å².